The van der Waals surface area contributed by atoms with E-state index in [0.717, 1.165) is 5.56 Å². The lowest BCUT2D eigenvalue weighted by Gasteiger charge is -2.05. The summed E-state index contributed by atoms with van der Waals surface area (Å²) in [5, 5.41) is 2.37. The van der Waals surface area contributed by atoms with Crippen LogP contribution in [0, 0.1) is 0 Å². The number of methoxy groups -OCH3 is 1. The standard InChI is InChI=1S/C9H13N3O2/c1-6(2)7-4-10-8(11-5-7)12-9(13)14-3/h4-6H,1-3H3,(H,10,11,12,13). The fraction of sp³-hybridized carbons (Fsp3) is 0.444. The quantitative estimate of drug-likeness (QED) is 0.781. The summed E-state index contributed by atoms with van der Waals surface area (Å²) in [5.41, 5.74) is 1.03. The number of aromatic nitrogens is 2. The second kappa shape index (κ2) is 4.55. The highest BCUT2D eigenvalue weighted by Gasteiger charge is 2.04. The van der Waals surface area contributed by atoms with Gasteiger partial charge >= 0.3 is 6.09 Å². The Labute approximate surface area is 82.5 Å². The Kier molecular flexibility index (Phi) is 3.39. The summed E-state index contributed by atoms with van der Waals surface area (Å²) in [6.45, 7) is 4.10. The zero-order valence-corrected chi connectivity index (χ0v) is 8.44. The van der Waals surface area contributed by atoms with E-state index in [1.165, 1.54) is 7.11 Å². The van der Waals surface area contributed by atoms with E-state index in [4.69, 9.17) is 0 Å². The van der Waals surface area contributed by atoms with Crippen molar-refractivity contribution in [3.8, 4) is 0 Å². The van der Waals surface area contributed by atoms with Crippen molar-refractivity contribution in [3.63, 3.8) is 0 Å². The topological polar surface area (TPSA) is 64.1 Å². The number of amides is 1. The van der Waals surface area contributed by atoms with E-state index in [1.54, 1.807) is 12.4 Å². The van der Waals surface area contributed by atoms with Crippen molar-refractivity contribution in [2.24, 2.45) is 0 Å². The predicted molar refractivity (Wildman–Crippen MR) is 52.1 cm³/mol. The molecule has 0 spiro atoms. The van der Waals surface area contributed by atoms with Crippen LogP contribution >= 0.6 is 0 Å². The van der Waals surface area contributed by atoms with Crippen LogP contribution in [-0.4, -0.2) is 23.2 Å². The van der Waals surface area contributed by atoms with Gasteiger partial charge in [-0.1, -0.05) is 13.8 Å². The van der Waals surface area contributed by atoms with Crippen molar-refractivity contribution >= 4 is 12.0 Å². The second-order valence-corrected chi connectivity index (χ2v) is 3.11. The number of carbonyl (C=O) groups is 1. The van der Waals surface area contributed by atoms with E-state index in [2.05, 4.69) is 20.0 Å². The number of anilines is 1. The van der Waals surface area contributed by atoms with Gasteiger partial charge in [0.25, 0.3) is 0 Å². The number of hydrogen-bond donors (Lipinski definition) is 1. The average Bonchev–Trinajstić information content (AvgIpc) is 2.18. The first kappa shape index (κ1) is 10.4. The minimum Gasteiger partial charge on any atom is -0.453 e. The molecule has 1 N–H and O–H groups in total. The van der Waals surface area contributed by atoms with E-state index >= 15 is 0 Å². The Morgan fingerprint density at radius 1 is 1.43 bits per heavy atom. The normalized spacial score (nSPS) is 10.0. The third kappa shape index (κ3) is 2.69. The number of nitrogens with zero attached hydrogens (tertiary/aromatic N) is 2. The Morgan fingerprint density at radius 2 is 2.00 bits per heavy atom. The Balaban J connectivity index is 2.69. The van der Waals surface area contributed by atoms with Crippen LogP contribution < -0.4 is 5.32 Å². The molecule has 76 valence electrons. The second-order valence-electron chi connectivity index (χ2n) is 3.11. The first-order valence-electron chi connectivity index (χ1n) is 4.30. The van der Waals surface area contributed by atoms with Gasteiger partial charge in [0.2, 0.25) is 5.95 Å². The predicted octanol–water partition coefficient (Wildman–Crippen LogP) is 1.78. The van der Waals surface area contributed by atoms with Gasteiger partial charge in [0.1, 0.15) is 0 Å². The van der Waals surface area contributed by atoms with Crippen molar-refractivity contribution in [2.45, 2.75) is 19.8 Å². The number of carbonyl (C=O) groups excluding carboxylic acids is 1. The van der Waals surface area contributed by atoms with Crippen molar-refractivity contribution in [1.82, 2.24) is 9.97 Å². The maximum Gasteiger partial charge on any atom is 0.413 e. The van der Waals surface area contributed by atoms with Gasteiger partial charge in [-0.25, -0.2) is 14.8 Å². The lowest BCUT2D eigenvalue weighted by atomic mass is 10.1. The van der Waals surface area contributed by atoms with E-state index in [0.29, 0.717) is 5.92 Å². The van der Waals surface area contributed by atoms with Crippen LogP contribution in [0.4, 0.5) is 10.7 Å². The van der Waals surface area contributed by atoms with Gasteiger partial charge in [0, 0.05) is 12.4 Å². The van der Waals surface area contributed by atoms with Crippen molar-refractivity contribution in [1.29, 1.82) is 0 Å². The van der Waals surface area contributed by atoms with E-state index in [-0.39, 0.29) is 5.95 Å². The highest BCUT2D eigenvalue weighted by Crippen LogP contribution is 2.11. The summed E-state index contributed by atoms with van der Waals surface area (Å²) in [4.78, 5) is 18.7. The summed E-state index contributed by atoms with van der Waals surface area (Å²) in [7, 11) is 1.29. The first-order valence-corrected chi connectivity index (χ1v) is 4.30. The fourth-order valence-electron chi connectivity index (χ4n) is 0.843. The molecule has 1 rings (SSSR count). The molecule has 0 fully saturated rings. The number of hydrogen-bond acceptors (Lipinski definition) is 4. The molecule has 0 aliphatic carbocycles. The molecule has 0 saturated heterocycles. The zero-order valence-electron chi connectivity index (χ0n) is 8.44. The van der Waals surface area contributed by atoms with Crippen LogP contribution in [-0.2, 0) is 4.74 Å². The van der Waals surface area contributed by atoms with Crippen LogP contribution in [0.2, 0.25) is 0 Å². The largest absolute Gasteiger partial charge is 0.453 e. The minimum atomic E-state index is -0.567. The maximum atomic E-state index is 10.8. The van der Waals surface area contributed by atoms with Crippen LogP contribution in [0.5, 0.6) is 0 Å². The molecule has 0 atom stereocenters. The summed E-state index contributed by atoms with van der Waals surface area (Å²) >= 11 is 0. The molecular formula is C9H13N3O2. The molecule has 1 heterocycles. The first-order chi connectivity index (χ1) is 6.63. The minimum absolute atomic E-state index is 0.251. The van der Waals surface area contributed by atoms with Crippen molar-refractivity contribution in [3.05, 3.63) is 18.0 Å². The van der Waals surface area contributed by atoms with Gasteiger partial charge in [-0.3, -0.25) is 5.32 Å². The number of ether oxygens (including phenoxy) is 1. The zero-order chi connectivity index (χ0) is 10.6. The number of rotatable bonds is 2. The molecule has 0 aliphatic rings. The third-order valence-corrected chi connectivity index (χ3v) is 1.74. The molecule has 1 amide bonds. The van der Waals surface area contributed by atoms with Crippen molar-refractivity contribution in [2.75, 3.05) is 12.4 Å². The van der Waals surface area contributed by atoms with Gasteiger partial charge in [-0.15, -0.1) is 0 Å². The summed E-state index contributed by atoms with van der Waals surface area (Å²) in [6, 6.07) is 0. The fourth-order valence-corrected chi connectivity index (χ4v) is 0.843. The molecule has 0 aromatic carbocycles. The highest BCUT2D eigenvalue weighted by atomic mass is 16.5. The molecule has 1 aromatic heterocycles. The summed E-state index contributed by atoms with van der Waals surface area (Å²) in [5.74, 6) is 0.628. The smallest absolute Gasteiger partial charge is 0.413 e. The molecule has 5 nitrogen and oxygen atoms in total. The molecular weight excluding hydrogens is 182 g/mol. The molecule has 1 aromatic rings. The highest BCUT2D eigenvalue weighted by molar-refractivity contribution is 5.81. The maximum absolute atomic E-state index is 10.8. The van der Waals surface area contributed by atoms with Crippen molar-refractivity contribution < 1.29 is 9.53 Å². The SMILES string of the molecule is COC(=O)Nc1ncc(C(C)C)cn1. The third-order valence-electron chi connectivity index (χ3n) is 1.74. The summed E-state index contributed by atoms with van der Waals surface area (Å²) < 4.78 is 4.40. The molecule has 0 aliphatic heterocycles. The molecule has 5 heteroatoms. The van der Waals surface area contributed by atoms with E-state index in [9.17, 15) is 4.79 Å². The van der Waals surface area contributed by atoms with Crippen LogP contribution in [0.1, 0.15) is 25.3 Å². The molecule has 0 saturated carbocycles. The van der Waals surface area contributed by atoms with Gasteiger partial charge < -0.3 is 4.74 Å². The summed E-state index contributed by atoms with van der Waals surface area (Å²) in [6.07, 6.45) is 2.80. The lowest BCUT2D eigenvalue weighted by Crippen LogP contribution is -2.13. The van der Waals surface area contributed by atoms with Gasteiger partial charge in [0.05, 0.1) is 7.11 Å². The van der Waals surface area contributed by atoms with E-state index in [1.807, 2.05) is 13.8 Å². The van der Waals surface area contributed by atoms with Crippen LogP contribution in [0.3, 0.4) is 0 Å². The Hall–Kier alpha value is -1.65. The number of nitrogens with one attached hydrogen (secondary N) is 1. The van der Waals surface area contributed by atoms with Crippen LogP contribution in [0.25, 0.3) is 0 Å². The van der Waals surface area contributed by atoms with Gasteiger partial charge in [0.15, 0.2) is 0 Å². The molecule has 0 bridgehead atoms. The van der Waals surface area contributed by atoms with Gasteiger partial charge in [-0.05, 0) is 11.5 Å². The average molecular weight is 195 g/mol. The van der Waals surface area contributed by atoms with E-state index < -0.39 is 6.09 Å². The van der Waals surface area contributed by atoms with Crippen LogP contribution in [0.15, 0.2) is 12.4 Å². The Bertz CT molecular complexity index is 308. The molecule has 0 unspecified atom stereocenters. The molecule has 14 heavy (non-hydrogen) atoms. The van der Waals surface area contributed by atoms with Gasteiger partial charge in [-0.2, -0.15) is 0 Å². The Morgan fingerprint density at radius 3 is 2.43 bits per heavy atom. The lowest BCUT2D eigenvalue weighted by molar-refractivity contribution is 0.186. The monoisotopic (exact) mass is 195 g/mol. The molecule has 0 radical (unpaired) electrons.